The molecule has 1 atom stereocenters. The van der Waals surface area contributed by atoms with E-state index in [0.29, 0.717) is 22.8 Å². The topological polar surface area (TPSA) is 58.6 Å². The molecule has 0 saturated carbocycles. The van der Waals surface area contributed by atoms with Gasteiger partial charge in [0.25, 0.3) is 0 Å². The highest BCUT2D eigenvalue weighted by molar-refractivity contribution is 7.80. The molecule has 0 spiro atoms. The summed E-state index contributed by atoms with van der Waals surface area (Å²) < 4.78 is 4.89. The van der Waals surface area contributed by atoms with Crippen LogP contribution in [-0.2, 0) is 14.3 Å². The minimum Gasteiger partial charge on any atom is -0.466 e. The minimum atomic E-state index is -0.574. The van der Waals surface area contributed by atoms with E-state index in [4.69, 9.17) is 17.0 Å². The summed E-state index contributed by atoms with van der Waals surface area (Å²) in [5.41, 5.74) is 1.81. The molecule has 1 amide bonds. The van der Waals surface area contributed by atoms with E-state index in [2.05, 4.69) is 5.32 Å². The molecule has 6 heteroatoms. The summed E-state index contributed by atoms with van der Waals surface area (Å²) in [5.74, 6) is -0.629. The predicted octanol–water partition coefficient (Wildman–Crippen LogP) is 2.30. The Morgan fingerprint density at radius 3 is 2.50 bits per heavy atom. The third-order valence-corrected chi connectivity index (χ3v) is 3.84. The Kier molecular flexibility index (Phi) is 4.92. The molecule has 0 unspecified atom stereocenters. The van der Waals surface area contributed by atoms with Crippen molar-refractivity contribution in [3.05, 3.63) is 47.2 Å². The zero-order chi connectivity index (χ0) is 16.3. The lowest BCUT2D eigenvalue weighted by Gasteiger charge is -2.38. The first kappa shape index (κ1) is 16.2. The second-order valence-electron chi connectivity index (χ2n) is 4.89. The third kappa shape index (κ3) is 2.87. The molecule has 1 aromatic carbocycles. The third-order valence-electron chi connectivity index (χ3n) is 3.54. The van der Waals surface area contributed by atoms with Crippen LogP contribution in [0.2, 0.25) is 0 Å². The number of ether oxygens (including phenoxy) is 1. The summed E-state index contributed by atoms with van der Waals surface area (Å²) in [6.45, 7) is 3.51. The van der Waals surface area contributed by atoms with Gasteiger partial charge in [-0.05, 0) is 24.7 Å². The van der Waals surface area contributed by atoms with Gasteiger partial charge in [0.2, 0.25) is 5.91 Å². The standard InChI is InChI=1S/C16H18N2O3S/c1-4-12(19)18-14(11-8-6-5-7-9-11)13(15(20)21-3)10(2)17-16(18)22/h5-9,14H,4H2,1-3H3,(H,17,22)/t14-/m1/s1. The summed E-state index contributed by atoms with van der Waals surface area (Å²) in [4.78, 5) is 26.0. The van der Waals surface area contributed by atoms with Crippen LogP contribution in [0.5, 0.6) is 0 Å². The number of benzene rings is 1. The highest BCUT2D eigenvalue weighted by Gasteiger charge is 2.39. The van der Waals surface area contributed by atoms with Crippen molar-refractivity contribution in [2.45, 2.75) is 26.3 Å². The molecule has 0 radical (unpaired) electrons. The van der Waals surface area contributed by atoms with Crippen molar-refractivity contribution >= 4 is 29.2 Å². The molecule has 0 aliphatic carbocycles. The van der Waals surface area contributed by atoms with E-state index < -0.39 is 12.0 Å². The number of hydrogen-bond donors (Lipinski definition) is 1. The number of esters is 1. The fourth-order valence-electron chi connectivity index (χ4n) is 2.49. The molecular weight excluding hydrogens is 300 g/mol. The van der Waals surface area contributed by atoms with E-state index in [1.807, 2.05) is 30.3 Å². The number of rotatable bonds is 3. The van der Waals surface area contributed by atoms with Gasteiger partial charge in [-0.2, -0.15) is 0 Å². The highest BCUT2D eigenvalue weighted by atomic mass is 32.1. The van der Waals surface area contributed by atoms with E-state index in [1.165, 1.54) is 12.0 Å². The van der Waals surface area contributed by atoms with Crippen molar-refractivity contribution in [1.82, 2.24) is 10.2 Å². The van der Waals surface area contributed by atoms with Gasteiger partial charge in [-0.1, -0.05) is 37.3 Å². The molecule has 1 aromatic rings. The van der Waals surface area contributed by atoms with Crippen molar-refractivity contribution < 1.29 is 14.3 Å². The van der Waals surface area contributed by atoms with Gasteiger partial charge in [-0.15, -0.1) is 0 Å². The Morgan fingerprint density at radius 1 is 1.32 bits per heavy atom. The Hall–Kier alpha value is -2.21. The van der Waals surface area contributed by atoms with Crippen molar-refractivity contribution in [3.63, 3.8) is 0 Å². The Bertz CT molecular complexity index is 640. The van der Waals surface area contributed by atoms with Gasteiger partial charge in [-0.3, -0.25) is 9.69 Å². The second-order valence-corrected chi connectivity index (χ2v) is 5.28. The average Bonchev–Trinajstić information content (AvgIpc) is 2.53. The number of carbonyl (C=O) groups is 2. The largest absolute Gasteiger partial charge is 0.466 e. The number of allylic oxidation sites excluding steroid dienone is 1. The maximum atomic E-state index is 12.3. The molecule has 22 heavy (non-hydrogen) atoms. The lowest BCUT2D eigenvalue weighted by Crippen LogP contribution is -2.50. The first-order valence-electron chi connectivity index (χ1n) is 6.98. The zero-order valence-electron chi connectivity index (χ0n) is 12.8. The number of methoxy groups -OCH3 is 1. The first-order valence-corrected chi connectivity index (χ1v) is 7.39. The van der Waals surface area contributed by atoms with Crippen molar-refractivity contribution in [2.24, 2.45) is 0 Å². The molecule has 1 heterocycles. The predicted molar refractivity (Wildman–Crippen MR) is 86.8 cm³/mol. The number of nitrogens with zero attached hydrogens (tertiary/aromatic N) is 1. The monoisotopic (exact) mass is 318 g/mol. The van der Waals surface area contributed by atoms with Gasteiger partial charge >= 0.3 is 5.97 Å². The van der Waals surface area contributed by atoms with Gasteiger partial charge in [0.05, 0.1) is 18.7 Å². The Labute approximate surface area is 134 Å². The first-order chi connectivity index (χ1) is 10.5. The zero-order valence-corrected chi connectivity index (χ0v) is 13.6. The summed E-state index contributed by atoms with van der Waals surface area (Å²) in [6, 6.07) is 8.76. The molecule has 0 saturated heterocycles. The van der Waals surface area contributed by atoms with Crippen LogP contribution in [0.25, 0.3) is 0 Å². The second kappa shape index (κ2) is 6.70. The van der Waals surface area contributed by atoms with Gasteiger partial charge in [0.1, 0.15) is 0 Å². The van der Waals surface area contributed by atoms with Crippen molar-refractivity contribution in [1.29, 1.82) is 0 Å². The van der Waals surface area contributed by atoms with E-state index in [1.54, 1.807) is 13.8 Å². The maximum absolute atomic E-state index is 12.3. The van der Waals surface area contributed by atoms with E-state index >= 15 is 0 Å². The van der Waals surface area contributed by atoms with Crippen LogP contribution < -0.4 is 5.32 Å². The van der Waals surface area contributed by atoms with Crippen LogP contribution in [0.15, 0.2) is 41.6 Å². The van der Waals surface area contributed by atoms with Crippen LogP contribution in [0.3, 0.4) is 0 Å². The summed E-state index contributed by atoms with van der Waals surface area (Å²) in [7, 11) is 1.32. The quantitative estimate of drug-likeness (QED) is 0.684. The van der Waals surface area contributed by atoms with E-state index in [9.17, 15) is 9.59 Å². The average molecular weight is 318 g/mol. The van der Waals surface area contributed by atoms with Crippen molar-refractivity contribution in [2.75, 3.05) is 7.11 Å². The number of nitrogens with one attached hydrogen (secondary N) is 1. The number of amides is 1. The SMILES string of the molecule is CCC(=O)N1C(=S)NC(C)=C(C(=O)OC)[C@H]1c1ccccc1. The molecule has 5 nitrogen and oxygen atoms in total. The van der Waals surface area contributed by atoms with Gasteiger partial charge in [-0.25, -0.2) is 4.79 Å². The molecule has 2 rings (SSSR count). The lowest BCUT2D eigenvalue weighted by atomic mass is 9.93. The maximum Gasteiger partial charge on any atom is 0.337 e. The van der Waals surface area contributed by atoms with Crippen LogP contribution in [0.4, 0.5) is 0 Å². The fraction of sp³-hybridized carbons (Fsp3) is 0.312. The van der Waals surface area contributed by atoms with Crippen LogP contribution in [0, 0.1) is 0 Å². The normalized spacial score (nSPS) is 18.0. The Balaban J connectivity index is 2.63. The smallest absolute Gasteiger partial charge is 0.337 e. The van der Waals surface area contributed by atoms with Crippen molar-refractivity contribution in [3.8, 4) is 0 Å². The van der Waals surface area contributed by atoms with Crippen LogP contribution >= 0.6 is 12.2 Å². The molecule has 116 valence electrons. The summed E-state index contributed by atoms with van der Waals surface area (Å²) >= 11 is 5.31. The van der Waals surface area contributed by atoms with Gasteiger partial charge in [0.15, 0.2) is 5.11 Å². The molecule has 1 aliphatic heterocycles. The van der Waals surface area contributed by atoms with Gasteiger partial charge < -0.3 is 10.1 Å². The molecule has 0 aromatic heterocycles. The van der Waals surface area contributed by atoms with Crippen LogP contribution in [0.1, 0.15) is 31.9 Å². The fourth-order valence-corrected chi connectivity index (χ4v) is 2.85. The summed E-state index contributed by atoms with van der Waals surface area (Å²) in [5, 5.41) is 3.22. The lowest BCUT2D eigenvalue weighted by molar-refractivity contribution is -0.137. The number of carbonyl (C=O) groups excluding carboxylic acids is 2. The molecular formula is C16H18N2O3S. The summed E-state index contributed by atoms with van der Waals surface area (Å²) in [6.07, 6.45) is 0.290. The molecule has 1 N–H and O–H groups in total. The molecule has 1 aliphatic rings. The Morgan fingerprint density at radius 2 is 1.95 bits per heavy atom. The molecule has 0 bridgehead atoms. The highest BCUT2D eigenvalue weighted by Crippen LogP contribution is 2.34. The number of thiocarbonyl (C=S) groups is 1. The van der Waals surface area contributed by atoms with E-state index in [0.717, 1.165) is 5.56 Å². The van der Waals surface area contributed by atoms with Crippen LogP contribution in [-0.4, -0.2) is 29.0 Å². The van der Waals surface area contributed by atoms with Gasteiger partial charge in [0, 0.05) is 12.1 Å². The molecule has 0 fully saturated rings. The van der Waals surface area contributed by atoms with E-state index in [-0.39, 0.29) is 5.91 Å². The number of hydrogen-bond acceptors (Lipinski definition) is 4. The minimum absolute atomic E-state index is 0.153.